The fourth-order valence-corrected chi connectivity index (χ4v) is 3.32. The zero-order chi connectivity index (χ0) is 15.7. The molecule has 2 unspecified atom stereocenters. The summed E-state index contributed by atoms with van der Waals surface area (Å²) in [5, 5.41) is 10.2. The number of carbonyl (C=O) groups is 2. The largest absolute Gasteiger partial charge is 0.481 e. The lowest BCUT2D eigenvalue weighted by Gasteiger charge is -2.42. The maximum Gasteiger partial charge on any atom is 0.308 e. The first-order valence-electron chi connectivity index (χ1n) is 6.82. The Morgan fingerprint density at radius 3 is 2.62 bits per heavy atom. The van der Waals surface area contributed by atoms with E-state index < -0.39 is 17.9 Å². The highest BCUT2D eigenvalue weighted by molar-refractivity contribution is 6.42. The molecule has 1 aliphatic heterocycles. The molecule has 1 fully saturated rings. The number of hydrogen-bond donors (Lipinski definition) is 1. The quantitative estimate of drug-likeness (QED) is 0.918. The fourth-order valence-electron chi connectivity index (χ4n) is 2.90. The first kappa shape index (κ1) is 16.1. The molecule has 1 N–H and O–H groups in total. The summed E-state index contributed by atoms with van der Waals surface area (Å²) in [6, 6.07) is 4.41. The van der Waals surface area contributed by atoms with Gasteiger partial charge in [0, 0.05) is 12.5 Å². The zero-order valence-electron chi connectivity index (χ0n) is 11.8. The van der Waals surface area contributed by atoms with Crippen molar-refractivity contribution >= 4 is 35.1 Å². The summed E-state index contributed by atoms with van der Waals surface area (Å²) in [6.45, 7) is 3.74. The number of rotatable bonds is 3. The Kier molecular flexibility index (Phi) is 4.79. The van der Waals surface area contributed by atoms with E-state index in [4.69, 9.17) is 23.2 Å². The smallest absolute Gasteiger partial charge is 0.308 e. The molecule has 1 aromatic rings. The van der Waals surface area contributed by atoms with E-state index in [0.717, 1.165) is 0 Å². The normalized spacial score (nSPS) is 22.7. The number of nitrogens with zero attached hydrogens (tertiary/aromatic N) is 1. The monoisotopic (exact) mass is 329 g/mol. The van der Waals surface area contributed by atoms with Crippen LogP contribution in [0, 0.1) is 5.92 Å². The van der Waals surface area contributed by atoms with E-state index in [2.05, 4.69) is 0 Å². The van der Waals surface area contributed by atoms with Gasteiger partial charge in [-0.3, -0.25) is 9.59 Å². The van der Waals surface area contributed by atoms with Crippen LogP contribution in [0.15, 0.2) is 18.2 Å². The van der Waals surface area contributed by atoms with Crippen molar-refractivity contribution in [3.05, 3.63) is 33.8 Å². The second kappa shape index (κ2) is 6.24. The number of benzene rings is 1. The van der Waals surface area contributed by atoms with Crippen molar-refractivity contribution in [2.45, 2.75) is 38.8 Å². The number of amides is 1. The second-order valence-corrected chi connectivity index (χ2v) is 6.25. The van der Waals surface area contributed by atoms with Crippen molar-refractivity contribution in [2.24, 2.45) is 5.92 Å². The van der Waals surface area contributed by atoms with Gasteiger partial charge in [0.2, 0.25) is 5.91 Å². The molecule has 4 nitrogen and oxygen atoms in total. The van der Waals surface area contributed by atoms with Crippen LogP contribution >= 0.6 is 23.2 Å². The highest BCUT2D eigenvalue weighted by Gasteiger charge is 2.42. The standard InChI is InChI=1S/C15H17Cl2NO3/c1-8(2)18-12(19)7-6-10(15(20)21)14(18)9-4-3-5-11(16)13(9)17/h3-5,8,10,14H,6-7H2,1-2H3,(H,20,21). The highest BCUT2D eigenvalue weighted by atomic mass is 35.5. The molecule has 6 heteroatoms. The molecular weight excluding hydrogens is 313 g/mol. The van der Waals surface area contributed by atoms with Crippen LogP contribution in [-0.4, -0.2) is 27.9 Å². The number of aliphatic carboxylic acids is 1. The van der Waals surface area contributed by atoms with E-state index in [-0.39, 0.29) is 18.4 Å². The number of carboxylic acids is 1. The Bertz CT molecular complexity index is 574. The van der Waals surface area contributed by atoms with Gasteiger partial charge in [0.1, 0.15) is 0 Å². The molecule has 2 rings (SSSR count). The summed E-state index contributed by atoms with van der Waals surface area (Å²) in [4.78, 5) is 25.4. The molecule has 1 amide bonds. The zero-order valence-corrected chi connectivity index (χ0v) is 13.4. The Morgan fingerprint density at radius 2 is 2.05 bits per heavy atom. The van der Waals surface area contributed by atoms with Crippen molar-refractivity contribution in [1.82, 2.24) is 4.90 Å². The molecule has 21 heavy (non-hydrogen) atoms. The van der Waals surface area contributed by atoms with Gasteiger partial charge in [0.05, 0.1) is 22.0 Å². The summed E-state index contributed by atoms with van der Waals surface area (Å²) in [5.41, 5.74) is 0.596. The maximum absolute atomic E-state index is 12.2. The molecule has 1 aromatic carbocycles. The molecule has 0 saturated carbocycles. The fraction of sp³-hybridized carbons (Fsp3) is 0.467. The van der Waals surface area contributed by atoms with E-state index in [0.29, 0.717) is 22.0 Å². The van der Waals surface area contributed by atoms with Crippen LogP contribution in [0.4, 0.5) is 0 Å². The number of carbonyl (C=O) groups excluding carboxylic acids is 1. The highest BCUT2D eigenvalue weighted by Crippen LogP contribution is 2.42. The predicted molar refractivity (Wildman–Crippen MR) is 81.5 cm³/mol. The van der Waals surface area contributed by atoms with Crippen LogP contribution in [0.5, 0.6) is 0 Å². The minimum absolute atomic E-state index is 0.0523. The van der Waals surface area contributed by atoms with Crippen LogP contribution < -0.4 is 0 Å². The predicted octanol–water partition coefficient (Wildman–Crippen LogP) is 3.77. The molecule has 1 aliphatic rings. The Morgan fingerprint density at radius 1 is 1.38 bits per heavy atom. The molecule has 0 bridgehead atoms. The van der Waals surface area contributed by atoms with Crippen LogP contribution in [0.3, 0.4) is 0 Å². The van der Waals surface area contributed by atoms with Crippen LogP contribution in [0.1, 0.15) is 38.3 Å². The van der Waals surface area contributed by atoms with Crippen LogP contribution in [0.25, 0.3) is 0 Å². The summed E-state index contributed by atoms with van der Waals surface area (Å²) >= 11 is 12.3. The van der Waals surface area contributed by atoms with Crippen molar-refractivity contribution < 1.29 is 14.7 Å². The topological polar surface area (TPSA) is 57.6 Å². The number of likely N-dealkylation sites (tertiary alicyclic amines) is 1. The second-order valence-electron chi connectivity index (χ2n) is 5.47. The number of hydrogen-bond acceptors (Lipinski definition) is 2. The first-order valence-corrected chi connectivity index (χ1v) is 7.58. The van der Waals surface area contributed by atoms with Gasteiger partial charge in [-0.15, -0.1) is 0 Å². The average molecular weight is 330 g/mol. The molecule has 114 valence electrons. The maximum atomic E-state index is 12.2. The van der Waals surface area contributed by atoms with Gasteiger partial charge in [0.25, 0.3) is 0 Å². The molecule has 2 atom stereocenters. The van der Waals surface area contributed by atoms with Gasteiger partial charge < -0.3 is 10.0 Å². The van der Waals surface area contributed by atoms with E-state index in [9.17, 15) is 14.7 Å². The van der Waals surface area contributed by atoms with Gasteiger partial charge in [-0.2, -0.15) is 0 Å². The van der Waals surface area contributed by atoms with E-state index in [1.165, 1.54) is 0 Å². The third-order valence-electron chi connectivity index (χ3n) is 3.81. The van der Waals surface area contributed by atoms with Crippen molar-refractivity contribution in [3.8, 4) is 0 Å². The summed E-state index contributed by atoms with van der Waals surface area (Å²) in [5.74, 6) is -1.65. The lowest BCUT2D eigenvalue weighted by molar-refractivity contribution is -0.153. The number of carboxylic acid groups (broad SMARTS) is 1. The SMILES string of the molecule is CC(C)N1C(=O)CCC(C(=O)O)C1c1cccc(Cl)c1Cl. The Labute approximate surface area is 133 Å². The summed E-state index contributed by atoms with van der Waals surface area (Å²) in [7, 11) is 0. The van der Waals surface area contributed by atoms with Crippen molar-refractivity contribution in [1.29, 1.82) is 0 Å². The third kappa shape index (κ3) is 3.01. The van der Waals surface area contributed by atoms with Gasteiger partial charge in [-0.25, -0.2) is 0 Å². The molecule has 0 aromatic heterocycles. The van der Waals surface area contributed by atoms with Crippen molar-refractivity contribution in [2.75, 3.05) is 0 Å². The van der Waals surface area contributed by atoms with Gasteiger partial charge in [-0.1, -0.05) is 35.3 Å². The molecule has 1 heterocycles. The van der Waals surface area contributed by atoms with E-state index in [1.807, 2.05) is 13.8 Å². The molecule has 0 radical (unpaired) electrons. The number of piperidine rings is 1. The lowest BCUT2D eigenvalue weighted by Crippen LogP contribution is -2.48. The summed E-state index contributed by atoms with van der Waals surface area (Å²) < 4.78 is 0. The first-order chi connectivity index (χ1) is 9.84. The molecule has 0 spiro atoms. The van der Waals surface area contributed by atoms with Crippen molar-refractivity contribution in [3.63, 3.8) is 0 Å². The van der Waals surface area contributed by atoms with Crippen LogP contribution in [0.2, 0.25) is 10.0 Å². The minimum Gasteiger partial charge on any atom is -0.481 e. The number of halogens is 2. The molecule has 0 aliphatic carbocycles. The third-order valence-corrected chi connectivity index (χ3v) is 4.65. The Hall–Kier alpha value is -1.26. The molecule has 1 saturated heterocycles. The van der Waals surface area contributed by atoms with Gasteiger partial charge >= 0.3 is 5.97 Å². The van der Waals surface area contributed by atoms with Gasteiger partial charge in [0.15, 0.2) is 0 Å². The summed E-state index contributed by atoms with van der Waals surface area (Å²) in [6.07, 6.45) is 0.550. The Balaban J connectivity index is 2.57. The minimum atomic E-state index is -0.922. The lowest BCUT2D eigenvalue weighted by atomic mass is 9.83. The van der Waals surface area contributed by atoms with E-state index in [1.54, 1.807) is 23.1 Å². The van der Waals surface area contributed by atoms with Gasteiger partial charge in [-0.05, 0) is 31.9 Å². The average Bonchev–Trinajstić information content (AvgIpc) is 2.40. The molecular formula is C15H17Cl2NO3. The van der Waals surface area contributed by atoms with Crippen LogP contribution in [-0.2, 0) is 9.59 Å². The van der Waals surface area contributed by atoms with E-state index >= 15 is 0 Å².